The Balaban J connectivity index is 2.17. The van der Waals surface area contributed by atoms with E-state index in [0.29, 0.717) is 11.4 Å². The molecule has 0 bridgehead atoms. The number of aromatic nitrogens is 1. The Morgan fingerprint density at radius 1 is 1.29 bits per heavy atom. The van der Waals surface area contributed by atoms with Gasteiger partial charge < -0.3 is 5.32 Å². The maximum atomic E-state index is 11.9. The number of nitrogens with zero attached hydrogens (tertiary/aromatic N) is 1. The van der Waals surface area contributed by atoms with Gasteiger partial charge in [-0.2, -0.15) is 0 Å². The first-order valence-corrected chi connectivity index (χ1v) is 6.22. The summed E-state index contributed by atoms with van der Waals surface area (Å²) in [5.74, 6) is 0.440. The molecule has 0 spiro atoms. The summed E-state index contributed by atoms with van der Waals surface area (Å²) in [6, 6.07) is 11.2. The van der Waals surface area contributed by atoms with Crippen LogP contribution < -0.4 is 5.32 Å². The highest BCUT2D eigenvalue weighted by atomic mass is 127. The van der Waals surface area contributed by atoms with Crippen molar-refractivity contribution in [3.05, 3.63) is 57.3 Å². The second kappa shape index (κ2) is 5.27. The molecular formula is C13H11IN2O. The van der Waals surface area contributed by atoms with Crippen LogP contribution in [0, 0.1) is 10.5 Å². The van der Waals surface area contributed by atoms with Crippen molar-refractivity contribution < 1.29 is 4.79 Å². The fraction of sp³-hybridized carbons (Fsp3) is 0.0769. The van der Waals surface area contributed by atoms with Crippen LogP contribution in [0.25, 0.3) is 0 Å². The lowest BCUT2D eigenvalue weighted by Gasteiger charge is -2.05. The SMILES string of the molecule is Cc1ccnc(NC(=O)c2cccc(I)c2)c1. The van der Waals surface area contributed by atoms with E-state index in [4.69, 9.17) is 0 Å². The molecule has 86 valence electrons. The van der Waals surface area contributed by atoms with Gasteiger partial charge in [0, 0.05) is 15.3 Å². The van der Waals surface area contributed by atoms with Crippen LogP contribution in [-0.2, 0) is 0 Å². The molecule has 0 saturated carbocycles. The van der Waals surface area contributed by atoms with Gasteiger partial charge in [0.1, 0.15) is 5.82 Å². The van der Waals surface area contributed by atoms with E-state index in [2.05, 4.69) is 32.9 Å². The number of rotatable bonds is 2. The van der Waals surface area contributed by atoms with Crippen LogP contribution in [-0.4, -0.2) is 10.9 Å². The van der Waals surface area contributed by atoms with Crippen molar-refractivity contribution in [3.8, 4) is 0 Å². The van der Waals surface area contributed by atoms with Gasteiger partial charge in [0.25, 0.3) is 5.91 Å². The number of halogens is 1. The highest BCUT2D eigenvalue weighted by Gasteiger charge is 2.06. The van der Waals surface area contributed by atoms with Gasteiger partial charge in [-0.1, -0.05) is 6.07 Å². The largest absolute Gasteiger partial charge is 0.307 e. The van der Waals surface area contributed by atoms with Gasteiger partial charge in [-0.25, -0.2) is 4.98 Å². The van der Waals surface area contributed by atoms with Crippen LogP contribution in [0.2, 0.25) is 0 Å². The summed E-state index contributed by atoms with van der Waals surface area (Å²) in [4.78, 5) is 16.0. The lowest BCUT2D eigenvalue weighted by atomic mass is 10.2. The minimum absolute atomic E-state index is 0.137. The van der Waals surface area contributed by atoms with Gasteiger partial charge in [0.05, 0.1) is 0 Å². The third-order valence-corrected chi connectivity index (χ3v) is 2.91. The number of hydrogen-bond donors (Lipinski definition) is 1. The molecule has 1 heterocycles. The van der Waals surface area contributed by atoms with E-state index >= 15 is 0 Å². The first-order chi connectivity index (χ1) is 8.15. The van der Waals surface area contributed by atoms with E-state index in [1.807, 2.05) is 37.3 Å². The second-order valence-electron chi connectivity index (χ2n) is 3.68. The maximum absolute atomic E-state index is 11.9. The zero-order chi connectivity index (χ0) is 12.3. The number of benzene rings is 1. The summed E-state index contributed by atoms with van der Waals surface area (Å²) < 4.78 is 1.03. The van der Waals surface area contributed by atoms with Crippen LogP contribution in [0.3, 0.4) is 0 Å². The normalized spacial score (nSPS) is 10.0. The summed E-state index contributed by atoms with van der Waals surface area (Å²) >= 11 is 2.18. The predicted molar refractivity (Wildman–Crippen MR) is 76.1 cm³/mol. The molecule has 0 aliphatic carbocycles. The van der Waals surface area contributed by atoms with Crippen molar-refractivity contribution in [2.24, 2.45) is 0 Å². The van der Waals surface area contributed by atoms with Crippen molar-refractivity contribution in [3.63, 3.8) is 0 Å². The fourth-order valence-electron chi connectivity index (χ4n) is 1.42. The molecule has 1 amide bonds. The number of hydrogen-bond acceptors (Lipinski definition) is 2. The summed E-state index contributed by atoms with van der Waals surface area (Å²) in [5, 5.41) is 2.77. The molecule has 1 N–H and O–H groups in total. The molecule has 3 nitrogen and oxygen atoms in total. The van der Waals surface area contributed by atoms with Crippen molar-refractivity contribution in [2.75, 3.05) is 5.32 Å². The van der Waals surface area contributed by atoms with Crippen molar-refractivity contribution in [1.82, 2.24) is 4.98 Å². The molecule has 0 unspecified atom stereocenters. The molecule has 2 rings (SSSR count). The van der Waals surface area contributed by atoms with Gasteiger partial charge in [-0.05, 0) is 65.4 Å². The lowest BCUT2D eigenvalue weighted by molar-refractivity contribution is 0.102. The van der Waals surface area contributed by atoms with E-state index < -0.39 is 0 Å². The number of amides is 1. The van der Waals surface area contributed by atoms with Crippen LogP contribution in [0.5, 0.6) is 0 Å². The second-order valence-corrected chi connectivity index (χ2v) is 4.93. The zero-order valence-corrected chi connectivity index (χ0v) is 11.4. The molecule has 1 aromatic heterocycles. The molecule has 0 fully saturated rings. The molecule has 0 saturated heterocycles. The van der Waals surface area contributed by atoms with Gasteiger partial charge in [-0.3, -0.25) is 4.79 Å². The van der Waals surface area contributed by atoms with Gasteiger partial charge in [0.15, 0.2) is 0 Å². The molecule has 0 radical (unpaired) electrons. The Morgan fingerprint density at radius 3 is 2.82 bits per heavy atom. The first-order valence-electron chi connectivity index (χ1n) is 5.15. The highest BCUT2D eigenvalue weighted by molar-refractivity contribution is 14.1. The molecule has 0 aliphatic heterocycles. The predicted octanol–water partition coefficient (Wildman–Crippen LogP) is 3.25. The molecule has 4 heteroatoms. The summed E-state index contributed by atoms with van der Waals surface area (Å²) in [5.41, 5.74) is 1.71. The number of aryl methyl sites for hydroxylation is 1. The third kappa shape index (κ3) is 3.26. The van der Waals surface area contributed by atoms with Crippen molar-refractivity contribution in [1.29, 1.82) is 0 Å². The van der Waals surface area contributed by atoms with Gasteiger partial charge >= 0.3 is 0 Å². The third-order valence-electron chi connectivity index (χ3n) is 2.24. The van der Waals surface area contributed by atoms with Gasteiger partial charge in [-0.15, -0.1) is 0 Å². The number of pyridine rings is 1. The monoisotopic (exact) mass is 338 g/mol. The molecule has 2 aromatic rings. The summed E-state index contributed by atoms with van der Waals surface area (Å²) in [6.07, 6.45) is 1.68. The zero-order valence-electron chi connectivity index (χ0n) is 9.27. The van der Waals surface area contributed by atoms with Crippen molar-refractivity contribution in [2.45, 2.75) is 6.92 Å². The fourth-order valence-corrected chi connectivity index (χ4v) is 1.97. The number of nitrogens with one attached hydrogen (secondary N) is 1. The highest BCUT2D eigenvalue weighted by Crippen LogP contribution is 2.11. The van der Waals surface area contributed by atoms with Crippen LogP contribution in [0.1, 0.15) is 15.9 Å². The lowest BCUT2D eigenvalue weighted by Crippen LogP contribution is -2.13. The van der Waals surface area contributed by atoms with E-state index in [1.165, 1.54) is 0 Å². The van der Waals surface area contributed by atoms with E-state index in [0.717, 1.165) is 9.13 Å². The summed E-state index contributed by atoms with van der Waals surface area (Å²) in [6.45, 7) is 1.96. The van der Waals surface area contributed by atoms with Crippen LogP contribution >= 0.6 is 22.6 Å². The summed E-state index contributed by atoms with van der Waals surface area (Å²) in [7, 11) is 0. The average molecular weight is 338 g/mol. The molecular weight excluding hydrogens is 327 g/mol. The van der Waals surface area contributed by atoms with E-state index in [1.54, 1.807) is 12.3 Å². The minimum Gasteiger partial charge on any atom is -0.307 e. The Morgan fingerprint density at radius 2 is 2.12 bits per heavy atom. The van der Waals surface area contributed by atoms with E-state index in [-0.39, 0.29) is 5.91 Å². The smallest absolute Gasteiger partial charge is 0.256 e. The van der Waals surface area contributed by atoms with Crippen LogP contribution in [0.4, 0.5) is 5.82 Å². The number of carbonyl (C=O) groups is 1. The Bertz CT molecular complexity index is 555. The van der Waals surface area contributed by atoms with Gasteiger partial charge in [0.2, 0.25) is 0 Å². The number of anilines is 1. The first kappa shape index (κ1) is 12.0. The maximum Gasteiger partial charge on any atom is 0.256 e. The van der Waals surface area contributed by atoms with Crippen LogP contribution in [0.15, 0.2) is 42.6 Å². The topological polar surface area (TPSA) is 42.0 Å². The average Bonchev–Trinajstić information content (AvgIpc) is 2.29. The Kier molecular flexibility index (Phi) is 3.73. The Hall–Kier alpha value is -1.43. The molecule has 0 aliphatic rings. The van der Waals surface area contributed by atoms with Crippen molar-refractivity contribution >= 4 is 34.3 Å². The molecule has 0 atom stereocenters. The minimum atomic E-state index is -0.137. The standard InChI is InChI=1S/C13H11IN2O/c1-9-5-6-15-12(7-9)16-13(17)10-3-2-4-11(14)8-10/h2-8H,1H3,(H,15,16,17). The molecule has 17 heavy (non-hydrogen) atoms. The quantitative estimate of drug-likeness (QED) is 0.854. The van der Waals surface area contributed by atoms with E-state index in [9.17, 15) is 4.79 Å². The Labute approximate surface area is 113 Å². The number of carbonyl (C=O) groups excluding carboxylic acids is 1. The molecule has 1 aromatic carbocycles.